The lowest BCUT2D eigenvalue weighted by molar-refractivity contribution is 0.0808. The lowest BCUT2D eigenvalue weighted by Crippen LogP contribution is -2.46. The normalized spacial score (nSPS) is 26.3. The van der Waals surface area contributed by atoms with E-state index in [1.165, 1.54) is 77.5 Å². The molecule has 0 aromatic rings. The van der Waals surface area contributed by atoms with Gasteiger partial charge in [-0.15, -0.1) is 0 Å². The van der Waals surface area contributed by atoms with Gasteiger partial charge in [-0.1, -0.05) is 12.8 Å². The van der Waals surface area contributed by atoms with Crippen LogP contribution in [0.25, 0.3) is 0 Å². The molecule has 2 saturated heterocycles. The average Bonchev–Trinajstić information content (AvgIpc) is 3.22. The summed E-state index contributed by atoms with van der Waals surface area (Å²) in [7, 11) is 0. The van der Waals surface area contributed by atoms with E-state index in [2.05, 4.69) is 51.3 Å². The van der Waals surface area contributed by atoms with Gasteiger partial charge in [0.1, 0.15) is 0 Å². The number of hydrogen-bond acceptors (Lipinski definition) is 2. The Kier molecular flexibility index (Phi) is 6.22. The van der Waals surface area contributed by atoms with Crippen molar-refractivity contribution >= 4 is 0 Å². The number of rotatable bonds is 0. The smallest absolute Gasteiger partial charge is 0.0125 e. The highest BCUT2D eigenvalue weighted by molar-refractivity contribution is 4.98. The fraction of sp³-hybridized carbons (Fsp3) is 1.00. The molecule has 2 nitrogen and oxygen atoms in total. The molecule has 23 heavy (non-hydrogen) atoms. The van der Waals surface area contributed by atoms with Crippen molar-refractivity contribution in [2.75, 3.05) is 26.2 Å². The van der Waals surface area contributed by atoms with E-state index in [1.54, 1.807) is 0 Å². The van der Waals surface area contributed by atoms with E-state index in [0.29, 0.717) is 11.1 Å². The SMILES string of the molecule is CC(C)(C)N1CCC2(CC1)CC2.CC(C)(C)N1CCCCCC1. The molecule has 0 radical (unpaired) electrons. The molecule has 3 fully saturated rings. The number of likely N-dealkylation sites (tertiary alicyclic amines) is 2. The predicted octanol–water partition coefficient (Wildman–Crippen LogP) is 5.32. The topological polar surface area (TPSA) is 6.48 Å². The summed E-state index contributed by atoms with van der Waals surface area (Å²) in [5.74, 6) is 0. The van der Waals surface area contributed by atoms with E-state index in [-0.39, 0.29) is 0 Å². The Balaban J connectivity index is 0.000000168. The van der Waals surface area contributed by atoms with Crippen LogP contribution in [0.5, 0.6) is 0 Å². The largest absolute Gasteiger partial charge is 0.298 e. The van der Waals surface area contributed by atoms with Crippen LogP contribution in [0.1, 0.15) is 92.9 Å². The third kappa shape index (κ3) is 6.05. The molecule has 0 unspecified atom stereocenters. The first-order valence-corrected chi connectivity index (χ1v) is 10.1. The maximum absolute atomic E-state index is 2.64. The van der Waals surface area contributed by atoms with Crippen LogP contribution in [0.4, 0.5) is 0 Å². The summed E-state index contributed by atoms with van der Waals surface area (Å²) in [6, 6.07) is 0. The highest BCUT2D eigenvalue weighted by atomic mass is 15.2. The van der Waals surface area contributed by atoms with Gasteiger partial charge in [-0.05, 0) is 112 Å². The van der Waals surface area contributed by atoms with Crippen LogP contribution >= 0.6 is 0 Å². The number of nitrogens with zero attached hydrogens (tertiary/aromatic N) is 2. The fourth-order valence-electron chi connectivity index (χ4n) is 4.07. The van der Waals surface area contributed by atoms with Gasteiger partial charge in [0, 0.05) is 11.1 Å². The summed E-state index contributed by atoms with van der Waals surface area (Å²) in [5.41, 5.74) is 1.63. The summed E-state index contributed by atoms with van der Waals surface area (Å²) < 4.78 is 0. The lowest BCUT2D eigenvalue weighted by Gasteiger charge is -2.41. The highest BCUT2D eigenvalue weighted by Gasteiger charge is 2.45. The molecule has 3 aliphatic rings. The van der Waals surface area contributed by atoms with Crippen LogP contribution in [-0.2, 0) is 0 Å². The van der Waals surface area contributed by atoms with Gasteiger partial charge >= 0.3 is 0 Å². The van der Waals surface area contributed by atoms with Gasteiger partial charge in [0.05, 0.1) is 0 Å². The van der Waals surface area contributed by atoms with E-state index < -0.39 is 0 Å². The molecule has 1 saturated carbocycles. The minimum atomic E-state index is 0.393. The summed E-state index contributed by atoms with van der Waals surface area (Å²) in [6.45, 7) is 19.2. The quantitative estimate of drug-likeness (QED) is 0.595. The Hall–Kier alpha value is -0.0800. The average molecular weight is 323 g/mol. The van der Waals surface area contributed by atoms with Crippen molar-refractivity contribution in [1.82, 2.24) is 9.80 Å². The molecule has 1 aliphatic carbocycles. The Morgan fingerprint density at radius 3 is 1.26 bits per heavy atom. The van der Waals surface area contributed by atoms with Crippen LogP contribution in [0, 0.1) is 5.41 Å². The molecule has 0 aromatic heterocycles. The Morgan fingerprint density at radius 2 is 0.913 bits per heavy atom. The van der Waals surface area contributed by atoms with Crippen molar-refractivity contribution in [3.63, 3.8) is 0 Å². The van der Waals surface area contributed by atoms with Crippen molar-refractivity contribution in [2.45, 2.75) is 104 Å². The van der Waals surface area contributed by atoms with E-state index in [1.807, 2.05) is 0 Å². The van der Waals surface area contributed by atoms with Crippen LogP contribution < -0.4 is 0 Å². The zero-order chi connectivity index (χ0) is 17.1. The van der Waals surface area contributed by atoms with Crippen molar-refractivity contribution in [3.8, 4) is 0 Å². The molecule has 0 amide bonds. The molecule has 0 N–H and O–H groups in total. The summed E-state index contributed by atoms with van der Waals surface area (Å²) in [6.07, 6.45) is 11.6. The van der Waals surface area contributed by atoms with E-state index in [9.17, 15) is 0 Å². The lowest BCUT2D eigenvalue weighted by atomic mass is 9.91. The van der Waals surface area contributed by atoms with Gasteiger partial charge in [0.2, 0.25) is 0 Å². The molecule has 0 bridgehead atoms. The zero-order valence-corrected chi connectivity index (χ0v) is 16.9. The van der Waals surface area contributed by atoms with E-state index in [4.69, 9.17) is 0 Å². The van der Waals surface area contributed by atoms with Gasteiger partial charge in [0.25, 0.3) is 0 Å². The summed E-state index contributed by atoms with van der Waals surface area (Å²) in [5, 5.41) is 0. The molecular formula is C21H42N2. The summed E-state index contributed by atoms with van der Waals surface area (Å²) >= 11 is 0. The first kappa shape index (κ1) is 19.2. The maximum Gasteiger partial charge on any atom is 0.0125 e. The first-order valence-electron chi connectivity index (χ1n) is 10.1. The van der Waals surface area contributed by atoms with E-state index in [0.717, 1.165) is 5.41 Å². The molecule has 0 atom stereocenters. The second-order valence-electron chi connectivity index (χ2n) is 10.2. The van der Waals surface area contributed by atoms with Gasteiger partial charge in [-0.25, -0.2) is 0 Å². The van der Waals surface area contributed by atoms with Gasteiger partial charge in [0.15, 0.2) is 0 Å². The Morgan fingerprint density at radius 1 is 0.522 bits per heavy atom. The minimum absolute atomic E-state index is 0.393. The third-order valence-electron chi connectivity index (χ3n) is 6.28. The number of hydrogen-bond donors (Lipinski definition) is 0. The second-order valence-corrected chi connectivity index (χ2v) is 10.2. The van der Waals surface area contributed by atoms with Crippen LogP contribution in [0.3, 0.4) is 0 Å². The minimum Gasteiger partial charge on any atom is -0.298 e. The first-order chi connectivity index (χ1) is 10.6. The highest BCUT2D eigenvalue weighted by Crippen LogP contribution is 2.54. The fourth-order valence-corrected chi connectivity index (χ4v) is 4.07. The third-order valence-corrected chi connectivity index (χ3v) is 6.28. The maximum atomic E-state index is 2.64. The number of piperidine rings is 1. The molecule has 2 heteroatoms. The van der Waals surface area contributed by atoms with Gasteiger partial charge in [-0.3, -0.25) is 9.80 Å². The predicted molar refractivity (Wildman–Crippen MR) is 102 cm³/mol. The molecule has 3 rings (SSSR count). The molecule has 2 aliphatic heterocycles. The van der Waals surface area contributed by atoms with Crippen molar-refractivity contribution in [2.24, 2.45) is 5.41 Å². The molecule has 2 heterocycles. The van der Waals surface area contributed by atoms with Crippen LogP contribution in [0.2, 0.25) is 0 Å². The second kappa shape index (κ2) is 7.44. The molecule has 0 aromatic carbocycles. The van der Waals surface area contributed by atoms with Crippen LogP contribution in [-0.4, -0.2) is 47.1 Å². The van der Waals surface area contributed by atoms with Crippen LogP contribution in [0.15, 0.2) is 0 Å². The van der Waals surface area contributed by atoms with Gasteiger partial charge in [-0.2, -0.15) is 0 Å². The molecular weight excluding hydrogens is 280 g/mol. The van der Waals surface area contributed by atoms with Crippen molar-refractivity contribution in [1.29, 1.82) is 0 Å². The standard InChI is InChI=1S/C11H21N.C10H21N/c1-10(2,3)12-8-6-11(4-5-11)7-9-12;1-10(2,3)11-8-6-4-5-7-9-11/h4-9H2,1-3H3;4-9H2,1-3H3. The molecule has 136 valence electrons. The zero-order valence-electron chi connectivity index (χ0n) is 16.9. The Bertz CT molecular complexity index is 339. The molecule has 1 spiro atoms. The Labute approximate surface area is 146 Å². The van der Waals surface area contributed by atoms with Crippen molar-refractivity contribution in [3.05, 3.63) is 0 Å². The monoisotopic (exact) mass is 322 g/mol. The van der Waals surface area contributed by atoms with E-state index >= 15 is 0 Å². The summed E-state index contributed by atoms with van der Waals surface area (Å²) in [4.78, 5) is 5.25. The van der Waals surface area contributed by atoms with Gasteiger partial charge < -0.3 is 0 Å². The van der Waals surface area contributed by atoms with Crippen molar-refractivity contribution < 1.29 is 0 Å².